The Morgan fingerprint density at radius 1 is 1.19 bits per heavy atom. The number of hydrogen-bond donors (Lipinski definition) is 2. The van der Waals surface area contributed by atoms with Crippen LogP contribution in [0.15, 0.2) is 34.8 Å². The minimum atomic E-state index is 0.606. The number of rotatable bonds is 6. The second-order valence-electron chi connectivity index (χ2n) is 5.43. The van der Waals surface area contributed by atoms with E-state index in [9.17, 15) is 0 Å². The van der Waals surface area contributed by atoms with Crippen molar-refractivity contribution in [2.75, 3.05) is 17.2 Å². The summed E-state index contributed by atoms with van der Waals surface area (Å²) in [4.78, 5) is 8.94. The molecule has 0 amide bonds. The first-order valence-corrected chi connectivity index (χ1v) is 7.95. The van der Waals surface area contributed by atoms with E-state index in [1.807, 2.05) is 37.3 Å². The van der Waals surface area contributed by atoms with Crippen molar-refractivity contribution in [3.05, 3.63) is 40.5 Å². The third-order valence-electron chi connectivity index (χ3n) is 3.00. The van der Waals surface area contributed by atoms with Crippen LogP contribution in [0.5, 0.6) is 0 Å². The second-order valence-corrected chi connectivity index (χ2v) is 6.29. The molecule has 21 heavy (non-hydrogen) atoms. The van der Waals surface area contributed by atoms with E-state index in [0.717, 1.165) is 34.6 Å². The number of benzene rings is 1. The molecular formula is C16H21BrN4. The van der Waals surface area contributed by atoms with E-state index in [4.69, 9.17) is 0 Å². The van der Waals surface area contributed by atoms with Gasteiger partial charge in [0, 0.05) is 22.8 Å². The first-order chi connectivity index (χ1) is 10.0. The molecule has 0 unspecified atom stereocenters. The van der Waals surface area contributed by atoms with Crippen molar-refractivity contribution in [2.24, 2.45) is 5.92 Å². The SMILES string of the molecule is Cc1cc(NCCC(C)C)nc(Nc2ccccc2Br)n1. The smallest absolute Gasteiger partial charge is 0.229 e. The fourth-order valence-corrected chi connectivity index (χ4v) is 2.27. The van der Waals surface area contributed by atoms with Crippen LogP contribution in [-0.2, 0) is 0 Å². The molecule has 0 saturated heterocycles. The molecule has 1 heterocycles. The second kappa shape index (κ2) is 7.41. The van der Waals surface area contributed by atoms with Gasteiger partial charge in [0.2, 0.25) is 5.95 Å². The largest absolute Gasteiger partial charge is 0.370 e. The molecule has 1 aromatic heterocycles. The first kappa shape index (κ1) is 15.8. The molecule has 2 rings (SSSR count). The molecule has 4 nitrogen and oxygen atoms in total. The standard InChI is InChI=1S/C16H21BrN4/c1-11(2)8-9-18-15-10-12(3)19-16(21-15)20-14-7-5-4-6-13(14)17/h4-7,10-11H,8-9H2,1-3H3,(H2,18,19,20,21). The third kappa shape index (κ3) is 5.01. The van der Waals surface area contributed by atoms with Gasteiger partial charge in [-0.3, -0.25) is 0 Å². The maximum Gasteiger partial charge on any atom is 0.229 e. The van der Waals surface area contributed by atoms with E-state index in [2.05, 4.69) is 50.4 Å². The highest BCUT2D eigenvalue weighted by Crippen LogP contribution is 2.24. The molecule has 2 N–H and O–H groups in total. The topological polar surface area (TPSA) is 49.8 Å². The Balaban J connectivity index is 2.10. The van der Waals surface area contributed by atoms with Crippen LogP contribution in [-0.4, -0.2) is 16.5 Å². The minimum absolute atomic E-state index is 0.606. The van der Waals surface area contributed by atoms with Crippen LogP contribution in [0.1, 0.15) is 26.0 Å². The van der Waals surface area contributed by atoms with Crippen LogP contribution in [0.3, 0.4) is 0 Å². The minimum Gasteiger partial charge on any atom is -0.370 e. The molecular weight excluding hydrogens is 328 g/mol. The fourth-order valence-electron chi connectivity index (χ4n) is 1.89. The van der Waals surface area contributed by atoms with E-state index in [0.29, 0.717) is 11.9 Å². The molecule has 1 aromatic carbocycles. The van der Waals surface area contributed by atoms with E-state index in [1.165, 1.54) is 0 Å². The van der Waals surface area contributed by atoms with Crippen molar-refractivity contribution in [3.63, 3.8) is 0 Å². The zero-order valence-corrected chi connectivity index (χ0v) is 14.2. The number of hydrogen-bond acceptors (Lipinski definition) is 4. The van der Waals surface area contributed by atoms with Crippen LogP contribution >= 0.6 is 15.9 Å². The van der Waals surface area contributed by atoms with Crippen LogP contribution in [0.25, 0.3) is 0 Å². The molecule has 0 radical (unpaired) electrons. The lowest BCUT2D eigenvalue weighted by atomic mass is 10.1. The van der Waals surface area contributed by atoms with E-state index in [1.54, 1.807) is 0 Å². The molecule has 0 bridgehead atoms. The quantitative estimate of drug-likeness (QED) is 0.790. The Labute approximate surface area is 134 Å². The molecule has 0 fully saturated rings. The number of aromatic nitrogens is 2. The molecule has 0 aliphatic heterocycles. The van der Waals surface area contributed by atoms with Crippen LogP contribution < -0.4 is 10.6 Å². The van der Waals surface area contributed by atoms with Crippen molar-refractivity contribution >= 4 is 33.4 Å². The lowest BCUT2D eigenvalue weighted by molar-refractivity contribution is 0.606. The Morgan fingerprint density at radius 3 is 2.67 bits per heavy atom. The van der Waals surface area contributed by atoms with E-state index in [-0.39, 0.29) is 0 Å². The molecule has 0 aliphatic rings. The zero-order valence-electron chi connectivity index (χ0n) is 12.7. The summed E-state index contributed by atoms with van der Waals surface area (Å²) in [6, 6.07) is 9.89. The number of halogens is 1. The predicted molar refractivity (Wildman–Crippen MR) is 92.1 cm³/mol. The monoisotopic (exact) mass is 348 g/mol. The Hall–Kier alpha value is -1.62. The molecule has 0 aliphatic carbocycles. The highest BCUT2D eigenvalue weighted by Gasteiger charge is 2.05. The lowest BCUT2D eigenvalue weighted by Crippen LogP contribution is -2.08. The van der Waals surface area contributed by atoms with Crippen molar-refractivity contribution in [3.8, 4) is 0 Å². The summed E-state index contributed by atoms with van der Waals surface area (Å²) in [6.45, 7) is 7.32. The van der Waals surface area contributed by atoms with Gasteiger partial charge in [-0.1, -0.05) is 26.0 Å². The number of para-hydroxylation sites is 1. The number of nitrogens with zero attached hydrogens (tertiary/aromatic N) is 2. The van der Waals surface area contributed by atoms with Crippen molar-refractivity contribution in [1.82, 2.24) is 9.97 Å². The maximum atomic E-state index is 4.51. The highest BCUT2D eigenvalue weighted by molar-refractivity contribution is 9.10. The van der Waals surface area contributed by atoms with Crippen LogP contribution in [0.2, 0.25) is 0 Å². The van der Waals surface area contributed by atoms with Gasteiger partial charge < -0.3 is 10.6 Å². The first-order valence-electron chi connectivity index (χ1n) is 7.15. The van der Waals surface area contributed by atoms with Crippen molar-refractivity contribution in [2.45, 2.75) is 27.2 Å². The van der Waals surface area contributed by atoms with Gasteiger partial charge in [0.1, 0.15) is 5.82 Å². The van der Waals surface area contributed by atoms with Gasteiger partial charge in [0.25, 0.3) is 0 Å². The molecule has 2 aromatic rings. The summed E-state index contributed by atoms with van der Waals surface area (Å²) in [5, 5.41) is 6.60. The van der Waals surface area contributed by atoms with Gasteiger partial charge in [0.05, 0.1) is 5.69 Å². The summed E-state index contributed by atoms with van der Waals surface area (Å²) in [7, 11) is 0. The molecule has 5 heteroatoms. The average Bonchev–Trinajstić information content (AvgIpc) is 2.40. The molecule has 0 atom stereocenters. The summed E-state index contributed by atoms with van der Waals surface area (Å²) in [5.41, 5.74) is 1.89. The van der Waals surface area contributed by atoms with Gasteiger partial charge >= 0.3 is 0 Å². The number of nitrogens with one attached hydrogen (secondary N) is 2. The van der Waals surface area contributed by atoms with Gasteiger partial charge in [-0.2, -0.15) is 4.98 Å². The average molecular weight is 349 g/mol. The molecule has 0 saturated carbocycles. The van der Waals surface area contributed by atoms with E-state index < -0.39 is 0 Å². The van der Waals surface area contributed by atoms with E-state index >= 15 is 0 Å². The Morgan fingerprint density at radius 2 is 1.95 bits per heavy atom. The molecule has 112 valence electrons. The summed E-state index contributed by atoms with van der Waals surface area (Å²) >= 11 is 3.51. The summed E-state index contributed by atoms with van der Waals surface area (Å²) in [6.07, 6.45) is 1.12. The summed E-state index contributed by atoms with van der Waals surface area (Å²) < 4.78 is 0.990. The maximum absolute atomic E-state index is 4.51. The van der Waals surface area contributed by atoms with Gasteiger partial charge in [0.15, 0.2) is 0 Å². The van der Waals surface area contributed by atoms with Gasteiger partial charge in [-0.25, -0.2) is 4.98 Å². The highest BCUT2D eigenvalue weighted by atomic mass is 79.9. The normalized spacial score (nSPS) is 10.7. The van der Waals surface area contributed by atoms with Crippen molar-refractivity contribution in [1.29, 1.82) is 0 Å². The Kier molecular flexibility index (Phi) is 5.56. The fraction of sp³-hybridized carbons (Fsp3) is 0.375. The number of anilines is 3. The van der Waals surface area contributed by atoms with Gasteiger partial charge in [-0.15, -0.1) is 0 Å². The number of aryl methyl sites for hydroxylation is 1. The summed E-state index contributed by atoms with van der Waals surface area (Å²) in [5.74, 6) is 2.14. The van der Waals surface area contributed by atoms with Crippen LogP contribution in [0.4, 0.5) is 17.5 Å². The van der Waals surface area contributed by atoms with Crippen molar-refractivity contribution < 1.29 is 0 Å². The van der Waals surface area contributed by atoms with Crippen LogP contribution in [0, 0.1) is 12.8 Å². The zero-order chi connectivity index (χ0) is 15.2. The Bertz CT molecular complexity index is 599. The predicted octanol–water partition coefficient (Wildman–Crippen LogP) is 4.75. The van der Waals surface area contributed by atoms with Gasteiger partial charge in [-0.05, 0) is 47.3 Å². The lowest BCUT2D eigenvalue weighted by Gasteiger charge is -2.11. The molecule has 0 spiro atoms. The third-order valence-corrected chi connectivity index (χ3v) is 3.69.